The number of carbonyl (C=O) groups is 2. The molecule has 7 heteroatoms. The van der Waals surface area contributed by atoms with Gasteiger partial charge in [0.2, 0.25) is 0 Å². The van der Waals surface area contributed by atoms with Gasteiger partial charge in [0.25, 0.3) is 0 Å². The van der Waals surface area contributed by atoms with E-state index in [-0.39, 0.29) is 16.7 Å². The Balaban J connectivity index is 1.89. The minimum atomic E-state index is -0.900. The lowest BCUT2D eigenvalue weighted by molar-refractivity contribution is -0.151. The van der Waals surface area contributed by atoms with E-state index in [1.165, 1.54) is 19.2 Å². The smallest absolute Gasteiger partial charge is 0.316 e. The van der Waals surface area contributed by atoms with Crippen LogP contribution in [-0.2, 0) is 14.3 Å². The van der Waals surface area contributed by atoms with Crippen molar-refractivity contribution in [3.8, 4) is 0 Å². The monoisotopic (exact) mass is 414 g/mol. The molecule has 5 nitrogen and oxygen atoms in total. The Morgan fingerprint density at radius 3 is 2.62 bits per heavy atom. The van der Waals surface area contributed by atoms with E-state index in [0.717, 1.165) is 17.1 Å². The standard InChI is InChI=1S/C22H20ClFN2O3/c1-11-9-17-19(21(27)18(11)22(28)29-2)20(12-7-8-13(23)14(24)10-12)26-16-6-4-3-5-15(16)25-17/h3-8,10-11,18,20,25-26H,9H2,1-2H3/t11-,18-,20+/m1/s1. The van der Waals surface area contributed by atoms with Gasteiger partial charge in [-0.25, -0.2) is 4.39 Å². The Morgan fingerprint density at radius 1 is 1.21 bits per heavy atom. The molecule has 2 N–H and O–H groups in total. The van der Waals surface area contributed by atoms with Crippen molar-refractivity contribution < 1.29 is 18.7 Å². The van der Waals surface area contributed by atoms with Crippen LogP contribution in [0.4, 0.5) is 15.8 Å². The van der Waals surface area contributed by atoms with Crippen LogP contribution >= 0.6 is 11.6 Å². The average Bonchev–Trinajstić information content (AvgIpc) is 2.86. The third-order valence-electron chi connectivity index (χ3n) is 5.50. The van der Waals surface area contributed by atoms with Gasteiger partial charge in [-0.15, -0.1) is 0 Å². The number of carbonyl (C=O) groups excluding carboxylic acids is 2. The number of esters is 1. The summed E-state index contributed by atoms with van der Waals surface area (Å²) in [5.74, 6) is -2.58. The molecule has 150 valence electrons. The summed E-state index contributed by atoms with van der Waals surface area (Å²) in [5, 5.41) is 6.70. The van der Waals surface area contributed by atoms with E-state index >= 15 is 0 Å². The summed E-state index contributed by atoms with van der Waals surface area (Å²) in [6, 6.07) is 11.4. The van der Waals surface area contributed by atoms with Crippen LogP contribution in [0.1, 0.15) is 24.9 Å². The van der Waals surface area contributed by atoms with Gasteiger partial charge in [-0.05, 0) is 42.2 Å². The zero-order valence-corrected chi connectivity index (χ0v) is 16.7. The highest BCUT2D eigenvalue weighted by molar-refractivity contribution is 6.30. The molecule has 0 bridgehead atoms. The number of ether oxygens (including phenoxy) is 1. The highest BCUT2D eigenvalue weighted by Crippen LogP contribution is 2.44. The van der Waals surface area contributed by atoms with Crippen LogP contribution in [0.25, 0.3) is 0 Å². The molecule has 0 spiro atoms. The van der Waals surface area contributed by atoms with E-state index in [0.29, 0.717) is 17.6 Å². The maximum Gasteiger partial charge on any atom is 0.316 e. The Hall–Kier alpha value is -2.86. The summed E-state index contributed by atoms with van der Waals surface area (Å²) in [4.78, 5) is 25.8. The largest absolute Gasteiger partial charge is 0.468 e. The lowest BCUT2D eigenvalue weighted by Crippen LogP contribution is -2.39. The molecule has 0 aromatic heterocycles. The van der Waals surface area contributed by atoms with Gasteiger partial charge < -0.3 is 15.4 Å². The van der Waals surface area contributed by atoms with Gasteiger partial charge in [0, 0.05) is 11.3 Å². The summed E-state index contributed by atoms with van der Waals surface area (Å²) in [6.07, 6.45) is 0.490. The highest BCUT2D eigenvalue weighted by atomic mass is 35.5. The van der Waals surface area contributed by atoms with Crippen LogP contribution in [0, 0.1) is 17.7 Å². The molecule has 0 amide bonds. The third kappa shape index (κ3) is 3.38. The quantitative estimate of drug-likeness (QED) is 0.550. The van der Waals surface area contributed by atoms with Crippen LogP contribution in [-0.4, -0.2) is 18.9 Å². The van der Waals surface area contributed by atoms with Crippen molar-refractivity contribution in [3.63, 3.8) is 0 Å². The van der Waals surface area contributed by atoms with Crippen molar-refractivity contribution in [1.29, 1.82) is 0 Å². The van der Waals surface area contributed by atoms with Crippen LogP contribution in [0.3, 0.4) is 0 Å². The van der Waals surface area contributed by atoms with Crippen molar-refractivity contribution >= 4 is 34.7 Å². The van der Waals surface area contributed by atoms with Gasteiger partial charge >= 0.3 is 5.97 Å². The molecular weight excluding hydrogens is 395 g/mol. The van der Waals surface area contributed by atoms with Gasteiger partial charge in [0.15, 0.2) is 5.78 Å². The molecule has 2 aromatic carbocycles. The van der Waals surface area contributed by atoms with E-state index < -0.39 is 23.7 Å². The number of fused-ring (bicyclic) bond motifs is 1. The lowest BCUT2D eigenvalue weighted by Gasteiger charge is -2.32. The number of Topliss-reactive ketones (excluding diaryl/α,β-unsaturated/α-hetero) is 1. The minimum Gasteiger partial charge on any atom is -0.468 e. The fourth-order valence-corrected chi connectivity index (χ4v) is 4.19. The second-order valence-electron chi connectivity index (χ2n) is 7.36. The molecule has 1 heterocycles. The normalized spacial score (nSPS) is 23.3. The van der Waals surface area contributed by atoms with Crippen LogP contribution in [0.5, 0.6) is 0 Å². The van der Waals surface area contributed by atoms with Crippen LogP contribution in [0.2, 0.25) is 5.02 Å². The first kappa shape index (κ1) is 19.5. The average molecular weight is 415 g/mol. The van der Waals surface area contributed by atoms with Crippen LogP contribution < -0.4 is 10.6 Å². The Labute approximate surface area is 172 Å². The number of anilines is 2. The van der Waals surface area contributed by atoms with E-state index in [2.05, 4.69) is 10.6 Å². The summed E-state index contributed by atoms with van der Waals surface area (Å²) < 4.78 is 19.1. The first-order valence-electron chi connectivity index (χ1n) is 9.33. The van der Waals surface area contributed by atoms with Crippen molar-refractivity contribution in [2.75, 3.05) is 17.7 Å². The summed E-state index contributed by atoms with van der Waals surface area (Å²) in [7, 11) is 1.28. The predicted molar refractivity (Wildman–Crippen MR) is 109 cm³/mol. The zero-order chi connectivity index (χ0) is 20.7. The molecular formula is C22H20ClFN2O3. The molecule has 1 aliphatic carbocycles. The molecule has 0 saturated carbocycles. The highest BCUT2D eigenvalue weighted by Gasteiger charge is 2.44. The molecule has 0 saturated heterocycles. The minimum absolute atomic E-state index is 0.00568. The van der Waals surface area contributed by atoms with Crippen molar-refractivity contribution in [2.45, 2.75) is 19.4 Å². The first-order chi connectivity index (χ1) is 13.9. The lowest BCUT2D eigenvalue weighted by atomic mass is 9.75. The maximum atomic E-state index is 14.2. The number of hydrogen-bond donors (Lipinski definition) is 2. The number of nitrogens with one attached hydrogen (secondary N) is 2. The van der Waals surface area contributed by atoms with Gasteiger partial charge in [-0.2, -0.15) is 0 Å². The summed E-state index contributed by atoms with van der Waals surface area (Å²) in [5.41, 5.74) is 3.27. The molecule has 0 radical (unpaired) electrons. The molecule has 2 aromatic rings. The van der Waals surface area contributed by atoms with Crippen molar-refractivity contribution in [1.82, 2.24) is 0 Å². The fraction of sp³-hybridized carbons (Fsp3) is 0.273. The number of benzene rings is 2. The Kier molecular flexibility index (Phi) is 5.04. The van der Waals surface area contributed by atoms with E-state index in [1.807, 2.05) is 31.2 Å². The predicted octanol–water partition coefficient (Wildman–Crippen LogP) is 4.71. The Morgan fingerprint density at radius 2 is 1.93 bits per heavy atom. The van der Waals surface area contributed by atoms with Gasteiger partial charge in [0.05, 0.1) is 29.5 Å². The number of hydrogen-bond acceptors (Lipinski definition) is 5. The van der Waals surface area contributed by atoms with Crippen LogP contribution in [0.15, 0.2) is 53.7 Å². The maximum absolute atomic E-state index is 14.2. The van der Waals surface area contributed by atoms with Gasteiger partial charge in [-0.1, -0.05) is 36.7 Å². The molecule has 4 rings (SSSR count). The number of halogens is 2. The molecule has 2 aliphatic rings. The second kappa shape index (κ2) is 7.52. The first-order valence-corrected chi connectivity index (χ1v) is 9.71. The summed E-state index contributed by atoms with van der Waals surface area (Å²) >= 11 is 5.85. The number of methoxy groups -OCH3 is 1. The number of ketones is 1. The zero-order valence-electron chi connectivity index (χ0n) is 16.0. The molecule has 1 aliphatic heterocycles. The van der Waals surface area contributed by atoms with Gasteiger partial charge in [0.1, 0.15) is 11.7 Å². The number of rotatable bonds is 2. The fourth-order valence-electron chi connectivity index (χ4n) is 4.08. The number of para-hydroxylation sites is 2. The second-order valence-corrected chi connectivity index (χ2v) is 7.77. The van der Waals surface area contributed by atoms with E-state index in [4.69, 9.17) is 16.3 Å². The molecule has 29 heavy (non-hydrogen) atoms. The van der Waals surface area contributed by atoms with E-state index in [9.17, 15) is 14.0 Å². The SMILES string of the molecule is COC(=O)[C@H]1C(=O)C2=C(C[C@H]1C)Nc1ccccc1N[C@H]2c1ccc(Cl)c(F)c1. The third-order valence-corrected chi connectivity index (χ3v) is 5.81. The van der Waals surface area contributed by atoms with Crippen molar-refractivity contribution in [3.05, 3.63) is 70.1 Å². The van der Waals surface area contributed by atoms with Crippen molar-refractivity contribution in [2.24, 2.45) is 11.8 Å². The topological polar surface area (TPSA) is 67.4 Å². The van der Waals surface area contributed by atoms with E-state index in [1.54, 1.807) is 6.07 Å². The molecule has 3 atom stereocenters. The van der Waals surface area contributed by atoms with Gasteiger partial charge in [-0.3, -0.25) is 9.59 Å². The molecule has 0 fully saturated rings. The number of allylic oxidation sites excluding steroid dienone is 1. The summed E-state index contributed by atoms with van der Waals surface area (Å²) in [6.45, 7) is 1.85. The molecule has 0 unspecified atom stereocenters. The Bertz CT molecular complexity index is 1040.